The van der Waals surface area contributed by atoms with Crippen molar-refractivity contribution in [1.29, 1.82) is 0 Å². The molecule has 0 bridgehead atoms. The summed E-state index contributed by atoms with van der Waals surface area (Å²) in [5.41, 5.74) is 1.15. The molecular weight excluding hydrogens is 358 g/mol. The first-order valence-corrected chi connectivity index (χ1v) is 9.73. The van der Waals surface area contributed by atoms with Crippen molar-refractivity contribution in [3.8, 4) is 0 Å². The van der Waals surface area contributed by atoms with E-state index in [1.165, 1.54) is 0 Å². The molecule has 1 atom stereocenters. The minimum absolute atomic E-state index is 0.00818. The molecule has 1 saturated heterocycles. The van der Waals surface area contributed by atoms with Crippen molar-refractivity contribution in [3.05, 3.63) is 41.3 Å². The summed E-state index contributed by atoms with van der Waals surface area (Å²) >= 11 is 0. The Morgan fingerprint density at radius 2 is 1.96 bits per heavy atom. The monoisotopic (exact) mass is 379 g/mol. The van der Waals surface area contributed by atoms with E-state index in [0.29, 0.717) is 36.6 Å². The highest BCUT2D eigenvalue weighted by molar-refractivity contribution is 7.92. The molecule has 1 aliphatic rings. The van der Waals surface area contributed by atoms with Gasteiger partial charge in [0.25, 0.3) is 15.9 Å². The predicted octanol–water partition coefficient (Wildman–Crippen LogP) is 1.95. The standard InChI is InChI=1S/C17H21N3O5S/c1-11-10-20(8-9-24-11)17(21)14-4-6-15(7-5-14)19-26(22,23)16-12(2)18-25-13(16)3/h4-7,11,19H,8-10H2,1-3H3. The Kier molecular flexibility index (Phi) is 5.01. The summed E-state index contributed by atoms with van der Waals surface area (Å²) < 4.78 is 37.9. The van der Waals surface area contributed by atoms with E-state index < -0.39 is 10.0 Å². The summed E-state index contributed by atoms with van der Waals surface area (Å²) in [6.07, 6.45) is 0.00818. The van der Waals surface area contributed by atoms with Gasteiger partial charge in [-0.25, -0.2) is 8.42 Å². The number of hydrogen-bond donors (Lipinski definition) is 1. The van der Waals surface area contributed by atoms with Gasteiger partial charge in [0.2, 0.25) is 0 Å². The van der Waals surface area contributed by atoms with Gasteiger partial charge in [0.1, 0.15) is 5.69 Å². The van der Waals surface area contributed by atoms with Crippen LogP contribution in [0.1, 0.15) is 28.7 Å². The molecule has 26 heavy (non-hydrogen) atoms. The summed E-state index contributed by atoms with van der Waals surface area (Å²) in [6.45, 7) is 6.63. The minimum Gasteiger partial charge on any atom is -0.375 e. The van der Waals surface area contributed by atoms with Crippen LogP contribution < -0.4 is 4.72 Å². The first-order chi connectivity index (χ1) is 12.3. The van der Waals surface area contributed by atoms with E-state index in [1.807, 2.05) is 6.92 Å². The third-order valence-corrected chi connectivity index (χ3v) is 5.77. The third kappa shape index (κ3) is 3.73. The Balaban J connectivity index is 1.75. The van der Waals surface area contributed by atoms with Crippen molar-refractivity contribution in [2.24, 2.45) is 0 Å². The van der Waals surface area contributed by atoms with Gasteiger partial charge in [-0.1, -0.05) is 5.16 Å². The molecular formula is C17H21N3O5S. The molecule has 0 radical (unpaired) electrons. The second kappa shape index (κ2) is 7.08. The molecule has 1 unspecified atom stereocenters. The Bertz CT molecular complexity index is 885. The second-order valence-electron chi connectivity index (χ2n) is 6.27. The van der Waals surface area contributed by atoms with Crippen LogP contribution in [0.3, 0.4) is 0 Å². The third-order valence-electron chi connectivity index (χ3n) is 4.15. The average molecular weight is 379 g/mol. The molecule has 0 saturated carbocycles. The maximum atomic E-state index is 12.5. The topological polar surface area (TPSA) is 102 Å². The molecule has 2 aromatic rings. The summed E-state index contributed by atoms with van der Waals surface area (Å²) in [4.78, 5) is 14.3. The SMILES string of the molecule is Cc1noc(C)c1S(=O)(=O)Nc1ccc(C(=O)N2CCOC(C)C2)cc1. The lowest BCUT2D eigenvalue weighted by Gasteiger charge is -2.31. The first kappa shape index (κ1) is 18.4. The molecule has 2 heterocycles. The van der Waals surface area contributed by atoms with Crippen molar-refractivity contribution in [1.82, 2.24) is 10.1 Å². The number of hydrogen-bond acceptors (Lipinski definition) is 6. The number of aryl methyl sites for hydroxylation is 2. The van der Waals surface area contributed by atoms with Crippen LogP contribution in [-0.2, 0) is 14.8 Å². The predicted molar refractivity (Wildman–Crippen MR) is 94.5 cm³/mol. The van der Waals surface area contributed by atoms with Gasteiger partial charge in [0.05, 0.1) is 12.7 Å². The van der Waals surface area contributed by atoms with E-state index >= 15 is 0 Å². The number of morpholine rings is 1. The van der Waals surface area contributed by atoms with Crippen LogP contribution in [0.4, 0.5) is 5.69 Å². The van der Waals surface area contributed by atoms with Crippen LogP contribution in [0.2, 0.25) is 0 Å². The Labute approximate surface area is 152 Å². The van der Waals surface area contributed by atoms with Gasteiger partial charge < -0.3 is 14.2 Å². The number of ether oxygens (including phenoxy) is 1. The number of sulfonamides is 1. The lowest BCUT2D eigenvalue weighted by atomic mass is 10.1. The van der Waals surface area contributed by atoms with E-state index in [2.05, 4.69) is 9.88 Å². The number of carbonyl (C=O) groups excluding carboxylic acids is 1. The Morgan fingerprint density at radius 3 is 2.54 bits per heavy atom. The number of anilines is 1. The van der Waals surface area contributed by atoms with Gasteiger partial charge in [-0.3, -0.25) is 9.52 Å². The maximum Gasteiger partial charge on any atom is 0.267 e. The van der Waals surface area contributed by atoms with Crippen molar-refractivity contribution in [2.75, 3.05) is 24.4 Å². The molecule has 0 spiro atoms. The molecule has 9 heteroatoms. The van der Waals surface area contributed by atoms with Crippen LogP contribution in [0.15, 0.2) is 33.7 Å². The zero-order chi connectivity index (χ0) is 18.9. The number of amides is 1. The number of benzene rings is 1. The highest BCUT2D eigenvalue weighted by Crippen LogP contribution is 2.23. The van der Waals surface area contributed by atoms with Gasteiger partial charge in [0.15, 0.2) is 10.7 Å². The molecule has 3 rings (SSSR count). The zero-order valence-electron chi connectivity index (χ0n) is 14.9. The van der Waals surface area contributed by atoms with Gasteiger partial charge in [0, 0.05) is 24.3 Å². The van der Waals surface area contributed by atoms with E-state index in [-0.39, 0.29) is 22.7 Å². The minimum atomic E-state index is -3.81. The highest BCUT2D eigenvalue weighted by atomic mass is 32.2. The average Bonchev–Trinajstić information content (AvgIpc) is 2.94. The van der Waals surface area contributed by atoms with Crippen LogP contribution in [-0.4, -0.2) is 50.2 Å². The smallest absolute Gasteiger partial charge is 0.267 e. The molecule has 1 fully saturated rings. The largest absolute Gasteiger partial charge is 0.375 e. The van der Waals surface area contributed by atoms with Crippen LogP contribution in [0.5, 0.6) is 0 Å². The van der Waals surface area contributed by atoms with Gasteiger partial charge in [-0.15, -0.1) is 0 Å². The summed E-state index contributed by atoms with van der Waals surface area (Å²) in [7, 11) is -3.81. The van der Waals surface area contributed by atoms with E-state index in [4.69, 9.17) is 9.26 Å². The normalized spacial score (nSPS) is 18.0. The Hall–Kier alpha value is -2.39. The highest BCUT2D eigenvalue weighted by Gasteiger charge is 2.25. The van der Waals surface area contributed by atoms with E-state index in [0.717, 1.165) is 0 Å². The molecule has 1 N–H and O–H groups in total. The fraction of sp³-hybridized carbons (Fsp3) is 0.412. The van der Waals surface area contributed by atoms with Crippen LogP contribution in [0.25, 0.3) is 0 Å². The number of rotatable bonds is 4. The molecule has 1 amide bonds. The molecule has 1 aliphatic heterocycles. The fourth-order valence-electron chi connectivity index (χ4n) is 2.93. The maximum absolute atomic E-state index is 12.5. The first-order valence-electron chi connectivity index (χ1n) is 8.24. The van der Waals surface area contributed by atoms with Crippen molar-refractivity contribution in [2.45, 2.75) is 31.8 Å². The van der Waals surface area contributed by atoms with E-state index in [9.17, 15) is 13.2 Å². The van der Waals surface area contributed by atoms with Crippen molar-refractivity contribution >= 4 is 21.6 Å². The quantitative estimate of drug-likeness (QED) is 0.871. The summed E-state index contributed by atoms with van der Waals surface area (Å²) in [6, 6.07) is 6.33. The molecule has 1 aromatic carbocycles. The number of aromatic nitrogens is 1. The van der Waals surface area contributed by atoms with Crippen LogP contribution in [0, 0.1) is 13.8 Å². The Morgan fingerprint density at radius 1 is 1.27 bits per heavy atom. The van der Waals surface area contributed by atoms with E-state index in [1.54, 1.807) is 43.0 Å². The zero-order valence-corrected chi connectivity index (χ0v) is 15.7. The number of carbonyl (C=O) groups is 1. The number of nitrogens with one attached hydrogen (secondary N) is 1. The second-order valence-corrected chi connectivity index (χ2v) is 7.89. The van der Waals surface area contributed by atoms with Crippen molar-refractivity contribution in [3.63, 3.8) is 0 Å². The lowest BCUT2D eigenvalue weighted by molar-refractivity contribution is -0.0124. The van der Waals surface area contributed by atoms with Crippen molar-refractivity contribution < 1.29 is 22.5 Å². The molecule has 1 aromatic heterocycles. The van der Waals surface area contributed by atoms with Gasteiger partial charge >= 0.3 is 0 Å². The van der Waals surface area contributed by atoms with Gasteiger partial charge in [-0.05, 0) is 45.0 Å². The summed E-state index contributed by atoms with van der Waals surface area (Å²) in [5, 5.41) is 3.66. The molecule has 0 aliphatic carbocycles. The number of nitrogens with zero attached hydrogens (tertiary/aromatic N) is 2. The van der Waals surface area contributed by atoms with Crippen LogP contribution >= 0.6 is 0 Å². The lowest BCUT2D eigenvalue weighted by Crippen LogP contribution is -2.44. The molecule has 8 nitrogen and oxygen atoms in total. The fourth-order valence-corrected chi connectivity index (χ4v) is 4.32. The van der Waals surface area contributed by atoms with Gasteiger partial charge in [-0.2, -0.15) is 0 Å². The summed E-state index contributed by atoms with van der Waals surface area (Å²) in [5.74, 6) is 0.128. The molecule has 140 valence electrons.